The average Bonchev–Trinajstić information content (AvgIpc) is 2.51. The van der Waals surface area contributed by atoms with Gasteiger partial charge in [0.15, 0.2) is 11.9 Å². The van der Waals surface area contributed by atoms with E-state index in [9.17, 15) is 14.4 Å². The molecule has 2 rings (SSSR count). The van der Waals surface area contributed by atoms with Gasteiger partial charge in [-0.05, 0) is 57.9 Å². The first kappa shape index (κ1) is 19.6. The smallest absolute Gasteiger partial charge is 0.329 e. The molecule has 2 aliphatic carbocycles. The van der Waals surface area contributed by atoms with E-state index in [1.807, 2.05) is 6.92 Å². The van der Waals surface area contributed by atoms with E-state index in [2.05, 4.69) is 12.4 Å². The van der Waals surface area contributed by atoms with E-state index in [0.29, 0.717) is 6.42 Å². The molecule has 0 heterocycles. The van der Waals surface area contributed by atoms with Gasteiger partial charge in [-0.25, -0.2) is 4.79 Å². The summed E-state index contributed by atoms with van der Waals surface area (Å²) >= 11 is 0. The fourth-order valence-corrected chi connectivity index (χ4v) is 3.64. The van der Waals surface area contributed by atoms with Gasteiger partial charge in [0.1, 0.15) is 6.54 Å². The Bertz CT molecular complexity index is 601. The Morgan fingerprint density at radius 3 is 2.60 bits per heavy atom. The second-order valence-corrected chi connectivity index (χ2v) is 8.38. The zero-order valence-electron chi connectivity index (χ0n) is 15.9. The number of carbonyl (C=O) groups is 3. The molecule has 0 aromatic rings. The Balaban J connectivity index is 1.92. The van der Waals surface area contributed by atoms with Crippen molar-refractivity contribution in [2.45, 2.75) is 72.8 Å². The molecular weight excluding hydrogens is 322 g/mol. The van der Waals surface area contributed by atoms with Gasteiger partial charge in [-0.2, -0.15) is 0 Å². The van der Waals surface area contributed by atoms with Crippen molar-refractivity contribution in [1.82, 2.24) is 5.48 Å². The molecule has 0 aromatic heterocycles. The van der Waals surface area contributed by atoms with Gasteiger partial charge in [0.2, 0.25) is 0 Å². The van der Waals surface area contributed by atoms with Crippen molar-refractivity contribution in [1.29, 1.82) is 0 Å². The van der Waals surface area contributed by atoms with Gasteiger partial charge >= 0.3 is 11.9 Å². The molecule has 0 aromatic carbocycles. The summed E-state index contributed by atoms with van der Waals surface area (Å²) in [7, 11) is 0. The number of ether oxygens (including phenoxy) is 1. The molecular formula is C19H29NO5. The van der Waals surface area contributed by atoms with E-state index >= 15 is 0 Å². The summed E-state index contributed by atoms with van der Waals surface area (Å²) in [6.07, 6.45) is 4.00. The third kappa shape index (κ3) is 4.48. The van der Waals surface area contributed by atoms with Crippen LogP contribution in [0.3, 0.4) is 0 Å². The largest absolute Gasteiger partial charge is 0.453 e. The molecule has 1 fully saturated rings. The number of nitrogens with one attached hydrogen (secondary N) is 1. The van der Waals surface area contributed by atoms with Crippen molar-refractivity contribution in [2.75, 3.05) is 6.54 Å². The number of allylic oxidation sites excluding steroid dienone is 1. The molecule has 1 N–H and O–H groups in total. The summed E-state index contributed by atoms with van der Waals surface area (Å²) in [5, 5.41) is 0. The maximum Gasteiger partial charge on any atom is 0.329 e. The molecule has 0 spiro atoms. The predicted octanol–water partition coefficient (Wildman–Crippen LogP) is 2.86. The lowest BCUT2D eigenvalue weighted by atomic mass is 9.63. The highest BCUT2D eigenvalue weighted by Gasteiger charge is 2.44. The Labute approximate surface area is 149 Å². The van der Waals surface area contributed by atoms with Crippen molar-refractivity contribution in [3.8, 4) is 0 Å². The van der Waals surface area contributed by atoms with Crippen molar-refractivity contribution in [3.05, 3.63) is 11.1 Å². The number of hydrogen-bond acceptors (Lipinski definition) is 6. The first-order valence-corrected chi connectivity index (χ1v) is 8.93. The molecule has 2 aliphatic rings. The van der Waals surface area contributed by atoms with E-state index in [1.54, 1.807) is 20.8 Å². The third-order valence-corrected chi connectivity index (χ3v) is 5.15. The molecule has 25 heavy (non-hydrogen) atoms. The minimum Gasteiger partial charge on any atom is -0.453 e. The monoisotopic (exact) mass is 351 g/mol. The summed E-state index contributed by atoms with van der Waals surface area (Å²) in [4.78, 5) is 41.0. The second kappa shape index (κ2) is 7.28. The van der Waals surface area contributed by atoms with Gasteiger partial charge in [-0.1, -0.05) is 18.9 Å². The summed E-state index contributed by atoms with van der Waals surface area (Å²) in [5.41, 5.74) is 3.58. The maximum atomic E-state index is 12.5. The molecule has 0 aliphatic heterocycles. The van der Waals surface area contributed by atoms with Gasteiger partial charge in [0.05, 0.1) is 5.41 Å². The van der Waals surface area contributed by atoms with Gasteiger partial charge < -0.3 is 9.57 Å². The second-order valence-electron chi connectivity index (χ2n) is 8.38. The first-order chi connectivity index (χ1) is 11.5. The Morgan fingerprint density at radius 1 is 1.28 bits per heavy atom. The molecule has 0 radical (unpaired) electrons. The Morgan fingerprint density at radius 2 is 1.96 bits per heavy atom. The van der Waals surface area contributed by atoms with Crippen LogP contribution in [-0.4, -0.2) is 30.4 Å². The Kier molecular flexibility index (Phi) is 5.72. The van der Waals surface area contributed by atoms with Crippen molar-refractivity contribution in [2.24, 2.45) is 10.8 Å². The van der Waals surface area contributed by atoms with Crippen LogP contribution in [-0.2, 0) is 24.0 Å². The van der Waals surface area contributed by atoms with Gasteiger partial charge in [-0.15, -0.1) is 5.48 Å². The van der Waals surface area contributed by atoms with E-state index in [4.69, 9.17) is 9.57 Å². The van der Waals surface area contributed by atoms with Crippen molar-refractivity contribution < 1.29 is 24.0 Å². The number of hydrogen-bond donors (Lipinski definition) is 1. The molecule has 6 nitrogen and oxygen atoms in total. The Hall–Kier alpha value is -1.69. The third-order valence-electron chi connectivity index (χ3n) is 5.15. The number of esters is 1. The van der Waals surface area contributed by atoms with Crippen LogP contribution in [0.15, 0.2) is 11.1 Å². The van der Waals surface area contributed by atoms with E-state index in [1.165, 1.54) is 5.57 Å². The predicted molar refractivity (Wildman–Crippen MR) is 92.3 cm³/mol. The zero-order chi connectivity index (χ0) is 18.8. The number of Topliss-reactive ketones (excluding diaryl/α,β-unsaturated/α-hetero) is 1. The number of hydroxylamine groups is 1. The fraction of sp³-hybridized carbons (Fsp3) is 0.737. The standard InChI is InChI=1S/C19H29NO5/c1-12-13-8-6-7-9-19(13,5)10-14(16(12)22)24-15(21)11-20-25-17(23)18(2,3)4/h14,20H,6-11H2,1-5H3/t14-,19-/m0/s1. The molecule has 1 saturated carbocycles. The molecule has 0 unspecified atom stereocenters. The highest BCUT2D eigenvalue weighted by molar-refractivity contribution is 6.01. The van der Waals surface area contributed by atoms with Crippen LogP contribution in [0.4, 0.5) is 0 Å². The number of carbonyl (C=O) groups excluding carboxylic acids is 3. The normalized spacial score (nSPS) is 26.9. The fourth-order valence-electron chi connectivity index (χ4n) is 3.64. The average molecular weight is 351 g/mol. The van der Waals surface area contributed by atoms with Crippen molar-refractivity contribution in [3.63, 3.8) is 0 Å². The quantitative estimate of drug-likeness (QED) is 0.619. The molecule has 2 atom stereocenters. The number of fused-ring (bicyclic) bond motifs is 1. The van der Waals surface area contributed by atoms with E-state index in [0.717, 1.165) is 31.3 Å². The molecule has 0 amide bonds. The van der Waals surface area contributed by atoms with Crippen LogP contribution >= 0.6 is 0 Å². The van der Waals surface area contributed by atoms with Gasteiger partial charge in [0.25, 0.3) is 0 Å². The van der Waals surface area contributed by atoms with Crippen LogP contribution in [0.5, 0.6) is 0 Å². The lowest BCUT2D eigenvalue weighted by Gasteiger charge is -2.43. The number of rotatable bonds is 4. The highest BCUT2D eigenvalue weighted by Crippen LogP contribution is 2.49. The summed E-state index contributed by atoms with van der Waals surface area (Å²) in [5.74, 6) is -1.17. The molecule has 140 valence electrons. The van der Waals surface area contributed by atoms with Crippen LogP contribution < -0.4 is 5.48 Å². The molecule has 0 saturated heterocycles. The van der Waals surface area contributed by atoms with Crippen LogP contribution in [0, 0.1) is 10.8 Å². The minimum absolute atomic E-state index is 0.0622. The SMILES string of the molecule is CC1=C2CCCC[C@@]2(C)C[C@H](OC(=O)CNOC(=O)C(C)(C)C)C1=O. The van der Waals surface area contributed by atoms with Gasteiger partial charge in [0, 0.05) is 6.42 Å². The molecule has 6 heteroatoms. The minimum atomic E-state index is -0.750. The van der Waals surface area contributed by atoms with Crippen LogP contribution in [0.1, 0.15) is 66.7 Å². The lowest BCUT2D eigenvalue weighted by molar-refractivity contribution is -0.166. The highest BCUT2D eigenvalue weighted by atomic mass is 16.7. The van der Waals surface area contributed by atoms with Crippen LogP contribution in [0.25, 0.3) is 0 Å². The lowest BCUT2D eigenvalue weighted by Crippen LogP contribution is -2.43. The molecule has 0 bridgehead atoms. The van der Waals surface area contributed by atoms with E-state index < -0.39 is 23.5 Å². The van der Waals surface area contributed by atoms with Crippen LogP contribution in [0.2, 0.25) is 0 Å². The summed E-state index contributed by atoms with van der Waals surface area (Å²) in [6.45, 7) is 8.86. The first-order valence-electron chi connectivity index (χ1n) is 8.93. The summed E-state index contributed by atoms with van der Waals surface area (Å²) in [6, 6.07) is 0. The number of ketones is 1. The van der Waals surface area contributed by atoms with E-state index in [-0.39, 0.29) is 17.7 Å². The summed E-state index contributed by atoms with van der Waals surface area (Å²) < 4.78 is 5.38. The maximum absolute atomic E-state index is 12.5. The topological polar surface area (TPSA) is 81.7 Å². The van der Waals surface area contributed by atoms with Gasteiger partial charge in [-0.3, -0.25) is 9.59 Å². The zero-order valence-corrected chi connectivity index (χ0v) is 15.9. The van der Waals surface area contributed by atoms with Crippen molar-refractivity contribution >= 4 is 17.7 Å².